The Bertz CT molecular complexity index is 1160. The van der Waals surface area contributed by atoms with Gasteiger partial charge in [0.05, 0.1) is 6.61 Å². The van der Waals surface area contributed by atoms with E-state index in [4.69, 9.17) is 9.15 Å². The number of hydrogen-bond acceptors (Lipinski definition) is 8. The van der Waals surface area contributed by atoms with Gasteiger partial charge in [0.1, 0.15) is 22.7 Å². The number of H-pyrrole nitrogens is 1. The molecule has 0 bridgehead atoms. The van der Waals surface area contributed by atoms with Crippen molar-refractivity contribution < 1.29 is 13.9 Å². The van der Waals surface area contributed by atoms with E-state index in [-0.39, 0.29) is 12.6 Å². The Morgan fingerprint density at radius 3 is 3.00 bits per heavy atom. The first-order valence-electron chi connectivity index (χ1n) is 8.15. The number of rotatable bonds is 4. The molecule has 3 N–H and O–H groups in total. The minimum absolute atomic E-state index is 0.259. The van der Waals surface area contributed by atoms with Gasteiger partial charge >= 0.3 is 12.0 Å². The van der Waals surface area contributed by atoms with Crippen LogP contribution >= 0.6 is 0 Å². The van der Waals surface area contributed by atoms with Crippen molar-refractivity contribution in [1.82, 2.24) is 24.8 Å². The van der Waals surface area contributed by atoms with Crippen LogP contribution in [-0.4, -0.2) is 37.4 Å². The third-order valence-electron chi connectivity index (χ3n) is 3.68. The Morgan fingerprint density at radius 1 is 1.33 bits per heavy atom. The zero-order chi connectivity index (χ0) is 18.8. The molecule has 0 aliphatic rings. The number of aryl methyl sites for hydroxylation is 1. The summed E-state index contributed by atoms with van der Waals surface area (Å²) in [4.78, 5) is 15.8. The highest BCUT2D eigenvalue weighted by Gasteiger charge is 2.15. The number of fused-ring (bicyclic) bond motifs is 2. The van der Waals surface area contributed by atoms with Crippen molar-refractivity contribution in [2.75, 3.05) is 17.5 Å². The molecule has 3 aromatic heterocycles. The van der Waals surface area contributed by atoms with Crippen LogP contribution in [0.3, 0.4) is 0 Å². The minimum Gasteiger partial charge on any atom is -0.456 e. The van der Waals surface area contributed by atoms with Crippen molar-refractivity contribution in [3.8, 4) is 11.8 Å². The first-order chi connectivity index (χ1) is 13.2. The van der Waals surface area contributed by atoms with Crippen LogP contribution in [0.5, 0.6) is 0 Å². The number of nitrogens with zero attached hydrogens (tertiary/aromatic N) is 4. The Balaban J connectivity index is 1.64. The maximum Gasteiger partial charge on any atom is 0.384 e. The summed E-state index contributed by atoms with van der Waals surface area (Å²) in [6.45, 7) is 3.76. The van der Waals surface area contributed by atoms with Crippen molar-refractivity contribution in [1.29, 1.82) is 0 Å². The maximum atomic E-state index is 11.5. The Kier molecular flexibility index (Phi) is 4.10. The number of oxazole rings is 1. The number of anilines is 2. The van der Waals surface area contributed by atoms with E-state index in [2.05, 4.69) is 43.0 Å². The molecule has 10 nitrogen and oxygen atoms in total. The molecule has 0 spiro atoms. The van der Waals surface area contributed by atoms with Gasteiger partial charge in [-0.2, -0.15) is 4.98 Å². The SMILES string of the molecule is CCOC(=O)C#Cc1[nH]n2c(C)nnc2c1NNc1nc2ccccc2o1. The van der Waals surface area contributed by atoms with Crippen LogP contribution in [0.25, 0.3) is 16.7 Å². The second-order valence-electron chi connectivity index (χ2n) is 5.48. The van der Waals surface area contributed by atoms with Crippen LogP contribution in [0, 0.1) is 18.8 Å². The molecular weight excluding hydrogens is 350 g/mol. The molecule has 0 atom stereocenters. The monoisotopic (exact) mass is 365 g/mol. The lowest BCUT2D eigenvalue weighted by Gasteiger charge is -2.03. The predicted octanol–water partition coefficient (Wildman–Crippen LogP) is 1.86. The summed E-state index contributed by atoms with van der Waals surface area (Å²) in [5.41, 5.74) is 8.65. The Morgan fingerprint density at radius 2 is 2.19 bits per heavy atom. The van der Waals surface area contributed by atoms with Gasteiger partial charge in [0, 0.05) is 5.92 Å². The lowest BCUT2D eigenvalue weighted by molar-refractivity contribution is -0.136. The summed E-state index contributed by atoms with van der Waals surface area (Å²) < 4.78 is 12.1. The molecule has 4 aromatic rings. The van der Waals surface area contributed by atoms with Crippen molar-refractivity contribution in [2.45, 2.75) is 13.8 Å². The minimum atomic E-state index is -0.613. The zero-order valence-corrected chi connectivity index (χ0v) is 14.5. The van der Waals surface area contributed by atoms with E-state index in [9.17, 15) is 4.79 Å². The number of nitrogens with one attached hydrogen (secondary N) is 3. The summed E-state index contributed by atoms with van der Waals surface area (Å²) >= 11 is 0. The fourth-order valence-corrected chi connectivity index (χ4v) is 2.47. The van der Waals surface area contributed by atoms with Gasteiger partial charge in [-0.1, -0.05) is 12.1 Å². The van der Waals surface area contributed by atoms with Crippen LogP contribution in [0.15, 0.2) is 28.7 Å². The molecule has 0 saturated carbocycles. The first-order valence-corrected chi connectivity index (χ1v) is 8.15. The molecule has 0 radical (unpaired) electrons. The zero-order valence-electron chi connectivity index (χ0n) is 14.5. The average molecular weight is 365 g/mol. The van der Waals surface area contributed by atoms with E-state index in [1.54, 1.807) is 18.4 Å². The number of ether oxygens (including phenoxy) is 1. The summed E-state index contributed by atoms with van der Waals surface area (Å²) in [7, 11) is 0. The number of hydrazine groups is 1. The molecular formula is C17H15N7O3. The number of esters is 1. The number of hydrogen-bond donors (Lipinski definition) is 3. The van der Waals surface area contributed by atoms with Gasteiger partial charge in [-0.3, -0.25) is 16.0 Å². The number of para-hydroxylation sites is 2. The maximum absolute atomic E-state index is 11.5. The molecule has 0 aliphatic carbocycles. The van der Waals surface area contributed by atoms with E-state index < -0.39 is 5.97 Å². The fraction of sp³-hybridized carbons (Fsp3) is 0.176. The van der Waals surface area contributed by atoms with Gasteiger partial charge in [0.15, 0.2) is 5.58 Å². The van der Waals surface area contributed by atoms with Gasteiger partial charge < -0.3 is 9.15 Å². The van der Waals surface area contributed by atoms with Gasteiger partial charge in [-0.05, 0) is 31.9 Å². The van der Waals surface area contributed by atoms with Gasteiger partial charge in [-0.15, -0.1) is 10.2 Å². The second kappa shape index (κ2) is 6.72. The molecule has 10 heteroatoms. The fourth-order valence-electron chi connectivity index (χ4n) is 2.47. The molecule has 27 heavy (non-hydrogen) atoms. The standard InChI is InChI=1S/C17H15N7O3/c1-3-26-14(25)9-8-12-15(16-21-19-10(2)24(16)23-12)20-22-17-18-11-6-4-5-7-13(11)27-17/h4-7,20,23H,3H2,1-2H3,(H,18,22). The average Bonchev–Trinajstić information content (AvgIpc) is 3.33. The van der Waals surface area contributed by atoms with Crippen molar-refractivity contribution in [3.63, 3.8) is 0 Å². The summed E-state index contributed by atoms with van der Waals surface area (Å²) in [5, 5.41) is 11.1. The van der Waals surface area contributed by atoms with E-state index in [1.165, 1.54) is 0 Å². The lowest BCUT2D eigenvalue weighted by Crippen LogP contribution is -2.10. The van der Waals surface area contributed by atoms with Gasteiger partial charge in [0.25, 0.3) is 0 Å². The first kappa shape index (κ1) is 16.5. The highest BCUT2D eigenvalue weighted by molar-refractivity contribution is 5.90. The quantitative estimate of drug-likeness (QED) is 0.285. The van der Waals surface area contributed by atoms with Gasteiger partial charge in [0.2, 0.25) is 5.65 Å². The normalized spacial score (nSPS) is 10.6. The van der Waals surface area contributed by atoms with Crippen LogP contribution in [-0.2, 0) is 9.53 Å². The molecule has 0 saturated heterocycles. The summed E-state index contributed by atoms with van der Waals surface area (Å²) in [6.07, 6.45) is 0. The molecule has 1 aromatic carbocycles. The lowest BCUT2D eigenvalue weighted by atomic mass is 10.3. The van der Waals surface area contributed by atoms with Crippen LogP contribution < -0.4 is 10.9 Å². The molecule has 0 fully saturated rings. The van der Waals surface area contributed by atoms with Crippen molar-refractivity contribution >= 4 is 34.4 Å². The van der Waals surface area contributed by atoms with E-state index in [0.717, 1.165) is 5.52 Å². The molecule has 0 aliphatic heterocycles. The van der Waals surface area contributed by atoms with E-state index in [1.807, 2.05) is 24.3 Å². The largest absolute Gasteiger partial charge is 0.456 e. The molecule has 0 amide bonds. The van der Waals surface area contributed by atoms with E-state index >= 15 is 0 Å². The van der Waals surface area contributed by atoms with Crippen LogP contribution in [0.2, 0.25) is 0 Å². The summed E-state index contributed by atoms with van der Waals surface area (Å²) in [6, 6.07) is 7.68. The smallest absolute Gasteiger partial charge is 0.384 e. The number of carbonyl (C=O) groups excluding carboxylic acids is 1. The molecule has 0 unspecified atom stereocenters. The van der Waals surface area contributed by atoms with Crippen LogP contribution in [0.1, 0.15) is 18.4 Å². The molecule has 4 rings (SSSR count). The number of benzene rings is 1. The second-order valence-corrected chi connectivity index (χ2v) is 5.48. The highest BCUT2D eigenvalue weighted by Crippen LogP contribution is 2.22. The van der Waals surface area contributed by atoms with Crippen molar-refractivity contribution in [3.05, 3.63) is 35.8 Å². The number of aromatic amines is 1. The topological polar surface area (TPSA) is 122 Å². The summed E-state index contributed by atoms with van der Waals surface area (Å²) in [5.74, 6) is 5.19. The Labute approximate surface area is 152 Å². The highest BCUT2D eigenvalue weighted by atomic mass is 16.5. The third kappa shape index (κ3) is 3.13. The van der Waals surface area contributed by atoms with E-state index in [0.29, 0.717) is 28.4 Å². The predicted molar refractivity (Wildman–Crippen MR) is 96.8 cm³/mol. The molecule has 3 heterocycles. The number of aromatic nitrogens is 5. The van der Waals surface area contributed by atoms with Crippen molar-refractivity contribution in [2.24, 2.45) is 0 Å². The third-order valence-corrected chi connectivity index (χ3v) is 3.68. The molecule has 136 valence electrons. The number of carbonyl (C=O) groups is 1. The van der Waals surface area contributed by atoms with Gasteiger partial charge in [-0.25, -0.2) is 9.31 Å². The van der Waals surface area contributed by atoms with Crippen LogP contribution in [0.4, 0.5) is 11.7 Å². The Hall–Kier alpha value is -4.00.